The Bertz CT molecular complexity index is 808. The first kappa shape index (κ1) is 18.9. The van der Waals surface area contributed by atoms with E-state index < -0.39 is 0 Å². The molecule has 0 aromatic heterocycles. The number of nitrogens with zero attached hydrogens (tertiary/aromatic N) is 2. The molecule has 0 spiro atoms. The van der Waals surface area contributed by atoms with Crippen molar-refractivity contribution < 1.29 is 9.18 Å². The maximum atomic E-state index is 12.9. The molecule has 2 heterocycles. The van der Waals surface area contributed by atoms with Crippen molar-refractivity contribution in [2.24, 2.45) is 0 Å². The van der Waals surface area contributed by atoms with Crippen molar-refractivity contribution in [1.29, 1.82) is 0 Å². The van der Waals surface area contributed by atoms with Crippen LogP contribution in [-0.4, -0.2) is 49.6 Å². The van der Waals surface area contributed by atoms with E-state index in [1.165, 1.54) is 48.4 Å². The Hall–Kier alpha value is -2.40. The molecule has 1 atom stereocenters. The van der Waals surface area contributed by atoms with Gasteiger partial charge in [-0.15, -0.1) is 0 Å². The van der Waals surface area contributed by atoms with Gasteiger partial charge in [-0.05, 0) is 68.1 Å². The highest BCUT2D eigenvalue weighted by Gasteiger charge is 2.30. The Morgan fingerprint density at radius 3 is 2.75 bits per heavy atom. The molecular weight excluding hydrogens is 353 g/mol. The predicted molar refractivity (Wildman–Crippen MR) is 110 cm³/mol. The van der Waals surface area contributed by atoms with E-state index in [1.807, 2.05) is 0 Å². The van der Waals surface area contributed by atoms with Crippen LogP contribution in [0.2, 0.25) is 0 Å². The molecule has 0 aliphatic carbocycles. The minimum absolute atomic E-state index is 0.130. The number of hydrogen-bond acceptors (Lipinski definition) is 3. The zero-order valence-corrected chi connectivity index (χ0v) is 16.2. The van der Waals surface area contributed by atoms with Gasteiger partial charge < -0.3 is 10.2 Å². The summed E-state index contributed by atoms with van der Waals surface area (Å²) in [5, 5.41) is 2.92. The minimum Gasteiger partial charge on any atom is -0.366 e. The van der Waals surface area contributed by atoms with Gasteiger partial charge in [0.2, 0.25) is 0 Å². The van der Waals surface area contributed by atoms with Crippen molar-refractivity contribution in [3.05, 3.63) is 65.5 Å². The summed E-state index contributed by atoms with van der Waals surface area (Å²) in [6.07, 6.45) is 4.45. The van der Waals surface area contributed by atoms with Gasteiger partial charge in [0, 0.05) is 43.5 Å². The summed E-state index contributed by atoms with van der Waals surface area (Å²) in [4.78, 5) is 17.2. The van der Waals surface area contributed by atoms with E-state index in [1.54, 1.807) is 0 Å². The number of hydrogen-bond donors (Lipinski definition) is 1. The number of halogens is 1. The standard InChI is InChI=1S/C23H28FN3O/c24-20-10-7-19(8-11-20)23(28)25-13-3-4-14-26-15-16-27-21(17-26)12-9-18-5-1-2-6-22(18)27/h1-2,5-8,10-11,21H,3-4,9,12-17H2,(H,25,28). The Morgan fingerprint density at radius 2 is 1.89 bits per heavy atom. The molecular formula is C23H28FN3O. The van der Waals surface area contributed by atoms with Gasteiger partial charge in [-0.3, -0.25) is 9.69 Å². The second-order valence-corrected chi connectivity index (χ2v) is 7.79. The lowest BCUT2D eigenvalue weighted by molar-refractivity contribution is 0.0952. The van der Waals surface area contributed by atoms with Gasteiger partial charge in [0.25, 0.3) is 5.91 Å². The van der Waals surface area contributed by atoms with Crippen molar-refractivity contribution >= 4 is 11.6 Å². The van der Waals surface area contributed by atoms with Crippen LogP contribution in [0.1, 0.15) is 35.2 Å². The average Bonchev–Trinajstić information content (AvgIpc) is 2.73. The molecule has 2 aliphatic rings. The van der Waals surface area contributed by atoms with Crippen LogP contribution in [-0.2, 0) is 6.42 Å². The average molecular weight is 381 g/mol. The number of para-hydroxylation sites is 1. The van der Waals surface area contributed by atoms with Crippen LogP contribution in [0.5, 0.6) is 0 Å². The van der Waals surface area contributed by atoms with Crippen LogP contribution in [0, 0.1) is 5.82 Å². The molecule has 0 saturated carbocycles. The Morgan fingerprint density at radius 1 is 1.07 bits per heavy atom. The van der Waals surface area contributed by atoms with Crippen LogP contribution in [0.15, 0.2) is 48.5 Å². The molecule has 4 rings (SSSR count). The summed E-state index contributed by atoms with van der Waals surface area (Å²) in [5.41, 5.74) is 3.43. The summed E-state index contributed by atoms with van der Waals surface area (Å²) in [6.45, 7) is 5.08. The number of unbranched alkanes of at least 4 members (excludes halogenated alkanes) is 1. The molecule has 1 amide bonds. The first-order valence-electron chi connectivity index (χ1n) is 10.3. The van der Waals surface area contributed by atoms with Crippen molar-refractivity contribution in [2.75, 3.05) is 37.6 Å². The second kappa shape index (κ2) is 8.74. The molecule has 1 fully saturated rings. The fourth-order valence-corrected chi connectivity index (χ4v) is 4.38. The first-order chi connectivity index (χ1) is 13.7. The number of carbonyl (C=O) groups excluding carboxylic acids is 1. The molecule has 1 unspecified atom stereocenters. The van der Waals surface area contributed by atoms with Crippen LogP contribution in [0.4, 0.5) is 10.1 Å². The number of carbonyl (C=O) groups is 1. The number of nitrogens with one attached hydrogen (secondary N) is 1. The number of aryl methyl sites for hydroxylation is 1. The molecule has 148 valence electrons. The highest BCUT2D eigenvalue weighted by molar-refractivity contribution is 5.94. The predicted octanol–water partition coefficient (Wildman–Crippen LogP) is 3.47. The van der Waals surface area contributed by atoms with Crippen LogP contribution < -0.4 is 10.2 Å². The van der Waals surface area contributed by atoms with Gasteiger partial charge in [0.05, 0.1) is 0 Å². The third-order valence-electron chi connectivity index (χ3n) is 5.91. The molecule has 1 N–H and O–H groups in total. The van der Waals surface area contributed by atoms with Crippen molar-refractivity contribution in [1.82, 2.24) is 10.2 Å². The normalized spacial score (nSPS) is 19.0. The van der Waals surface area contributed by atoms with Gasteiger partial charge >= 0.3 is 0 Å². The van der Waals surface area contributed by atoms with E-state index in [2.05, 4.69) is 39.4 Å². The van der Waals surface area contributed by atoms with E-state index in [9.17, 15) is 9.18 Å². The maximum absolute atomic E-state index is 12.9. The highest BCUT2D eigenvalue weighted by atomic mass is 19.1. The van der Waals surface area contributed by atoms with Crippen molar-refractivity contribution in [3.8, 4) is 0 Å². The number of amides is 1. The van der Waals surface area contributed by atoms with Crippen LogP contribution >= 0.6 is 0 Å². The fraction of sp³-hybridized carbons (Fsp3) is 0.435. The largest absolute Gasteiger partial charge is 0.366 e. The summed E-state index contributed by atoms with van der Waals surface area (Å²) in [7, 11) is 0. The van der Waals surface area contributed by atoms with E-state index in [-0.39, 0.29) is 11.7 Å². The Balaban J connectivity index is 1.17. The molecule has 4 nitrogen and oxygen atoms in total. The summed E-state index contributed by atoms with van der Waals surface area (Å²) in [6, 6.07) is 15.1. The SMILES string of the molecule is O=C(NCCCCN1CCN2c3ccccc3CCC2C1)c1ccc(F)cc1. The smallest absolute Gasteiger partial charge is 0.251 e. The molecule has 1 saturated heterocycles. The van der Waals surface area contributed by atoms with Gasteiger partial charge in [0.15, 0.2) is 0 Å². The summed E-state index contributed by atoms with van der Waals surface area (Å²) < 4.78 is 12.9. The number of piperazine rings is 1. The molecule has 0 radical (unpaired) electrons. The lowest BCUT2D eigenvalue weighted by Gasteiger charge is -2.46. The highest BCUT2D eigenvalue weighted by Crippen LogP contribution is 2.32. The van der Waals surface area contributed by atoms with Gasteiger partial charge in [-0.1, -0.05) is 18.2 Å². The summed E-state index contributed by atoms with van der Waals surface area (Å²) in [5.74, 6) is -0.451. The number of benzene rings is 2. The maximum Gasteiger partial charge on any atom is 0.251 e. The summed E-state index contributed by atoms with van der Waals surface area (Å²) >= 11 is 0. The molecule has 28 heavy (non-hydrogen) atoms. The van der Waals surface area contributed by atoms with Crippen LogP contribution in [0.25, 0.3) is 0 Å². The lowest BCUT2D eigenvalue weighted by Crippen LogP contribution is -2.55. The topological polar surface area (TPSA) is 35.6 Å². The van der Waals surface area contributed by atoms with E-state index in [0.717, 1.165) is 39.0 Å². The van der Waals surface area contributed by atoms with Crippen molar-refractivity contribution in [3.63, 3.8) is 0 Å². The Kier molecular flexibility index (Phi) is 5.91. The van der Waals surface area contributed by atoms with E-state index >= 15 is 0 Å². The number of fused-ring (bicyclic) bond motifs is 3. The minimum atomic E-state index is -0.321. The number of rotatable bonds is 6. The van der Waals surface area contributed by atoms with Gasteiger partial charge in [-0.25, -0.2) is 4.39 Å². The zero-order valence-electron chi connectivity index (χ0n) is 16.2. The van der Waals surface area contributed by atoms with Gasteiger partial charge in [0.1, 0.15) is 5.82 Å². The Labute approximate surface area is 166 Å². The van der Waals surface area contributed by atoms with Crippen LogP contribution in [0.3, 0.4) is 0 Å². The molecule has 2 aromatic rings. The third-order valence-corrected chi connectivity index (χ3v) is 5.91. The quantitative estimate of drug-likeness (QED) is 0.779. The molecule has 2 aromatic carbocycles. The van der Waals surface area contributed by atoms with E-state index in [0.29, 0.717) is 18.2 Å². The molecule has 5 heteroatoms. The molecule has 2 aliphatic heterocycles. The monoisotopic (exact) mass is 381 g/mol. The van der Waals surface area contributed by atoms with Crippen molar-refractivity contribution in [2.45, 2.75) is 31.7 Å². The zero-order chi connectivity index (χ0) is 19.3. The van der Waals surface area contributed by atoms with E-state index in [4.69, 9.17) is 0 Å². The van der Waals surface area contributed by atoms with Gasteiger partial charge in [-0.2, -0.15) is 0 Å². The second-order valence-electron chi connectivity index (χ2n) is 7.79. The molecule has 0 bridgehead atoms. The third kappa shape index (κ3) is 4.36. The number of anilines is 1. The fourth-order valence-electron chi connectivity index (χ4n) is 4.38. The lowest BCUT2D eigenvalue weighted by atomic mass is 9.94. The first-order valence-corrected chi connectivity index (χ1v) is 10.3.